The highest BCUT2D eigenvalue weighted by atomic mass is 16.2. The van der Waals surface area contributed by atoms with Gasteiger partial charge in [-0.2, -0.15) is 0 Å². The van der Waals surface area contributed by atoms with Crippen LogP contribution in [-0.2, 0) is 4.79 Å². The Kier molecular flexibility index (Phi) is 4.19. The molecule has 0 aliphatic heterocycles. The zero-order valence-corrected chi connectivity index (χ0v) is 8.44. The van der Waals surface area contributed by atoms with Crippen molar-refractivity contribution in [3.05, 3.63) is 24.5 Å². The lowest BCUT2D eigenvalue weighted by Gasteiger charge is -2.14. The van der Waals surface area contributed by atoms with Gasteiger partial charge in [-0.15, -0.1) is 0 Å². The van der Waals surface area contributed by atoms with Crippen molar-refractivity contribution in [2.24, 2.45) is 11.7 Å². The van der Waals surface area contributed by atoms with Gasteiger partial charge in [-0.25, -0.2) is 0 Å². The lowest BCUT2D eigenvalue weighted by Crippen LogP contribution is -2.33. The topological polar surface area (TPSA) is 60.1 Å². The first-order chi connectivity index (χ1) is 6.77. The SMILES string of the molecule is CCCC(CN)C(=O)Nn1cccc1. The average molecular weight is 195 g/mol. The zero-order chi connectivity index (χ0) is 10.4. The fraction of sp³-hybridized carbons (Fsp3) is 0.500. The minimum atomic E-state index is -0.0811. The number of nitrogens with zero attached hydrogens (tertiary/aromatic N) is 1. The van der Waals surface area contributed by atoms with Crippen molar-refractivity contribution in [2.45, 2.75) is 19.8 Å². The third-order valence-corrected chi connectivity index (χ3v) is 2.14. The molecule has 0 saturated carbocycles. The van der Waals surface area contributed by atoms with E-state index in [2.05, 4.69) is 5.43 Å². The number of carbonyl (C=O) groups is 1. The molecule has 0 spiro atoms. The van der Waals surface area contributed by atoms with E-state index in [9.17, 15) is 4.79 Å². The molecule has 1 heterocycles. The summed E-state index contributed by atoms with van der Waals surface area (Å²) in [4.78, 5) is 11.6. The van der Waals surface area contributed by atoms with Crippen molar-refractivity contribution < 1.29 is 4.79 Å². The first kappa shape index (κ1) is 10.8. The molecule has 1 atom stereocenters. The van der Waals surface area contributed by atoms with Gasteiger partial charge in [-0.3, -0.25) is 14.9 Å². The number of carbonyl (C=O) groups excluding carboxylic acids is 1. The molecule has 0 aliphatic rings. The molecule has 14 heavy (non-hydrogen) atoms. The molecule has 4 nitrogen and oxygen atoms in total. The molecule has 78 valence electrons. The maximum absolute atomic E-state index is 11.6. The van der Waals surface area contributed by atoms with Crippen LogP contribution < -0.4 is 11.2 Å². The van der Waals surface area contributed by atoms with Gasteiger partial charge in [0.05, 0.1) is 5.92 Å². The Hall–Kier alpha value is -1.29. The molecule has 1 rings (SSSR count). The summed E-state index contributed by atoms with van der Waals surface area (Å²) in [7, 11) is 0. The average Bonchev–Trinajstić information content (AvgIpc) is 2.66. The molecule has 1 aromatic heterocycles. The summed E-state index contributed by atoms with van der Waals surface area (Å²) in [6, 6.07) is 3.72. The van der Waals surface area contributed by atoms with Crippen molar-refractivity contribution in [1.82, 2.24) is 4.68 Å². The summed E-state index contributed by atoms with van der Waals surface area (Å²) < 4.78 is 1.64. The van der Waals surface area contributed by atoms with Crippen LogP contribution in [0.15, 0.2) is 24.5 Å². The lowest BCUT2D eigenvalue weighted by atomic mass is 10.0. The molecule has 0 radical (unpaired) electrons. The highest BCUT2D eigenvalue weighted by Gasteiger charge is 2.15. The summed E-state index contributed by atoms with van der Waals surface area (Å²) in [6.07, 6.45) is 5.39. The predicted octanol–water partition coefficient (Wildman–Crippen LogP) is 0.933. The van der Waals surface area contributed by atoms with E-state index in [1.807, 2.05) is 19.1 Å². The van der Waals surface area contributed by atoms with E-state index in [1.165, 1.54) is 0 Å². The number of amides is 1. The van der Waals surface area contributed by atoms with Gasteiger partial charge in [0, 0.05) is 18.9 Å². The van der Waals surface area contributed by atoms with Crippen LogP contribution in [0.1, 0.15) is 19.8 Å². The molecule has 1 unspecified atom stereocenters. The van der Waals surface area contributed by atoms with Gasteiger partial charge in [0.2, 0.25) is 5.91 Å². The van der Waals surface area contributed by atoms with Crippen molar-refractivity contribution in [2.75, 3.05) is 12.0 Å². The number of hydrogen-bond acceptors (Lipinski definition) is 2. The molecule has 0 aromatic carbocycles. The van der Waals surface area contributed by atoms with Crippen LogP contribution >= 0.6 is 0 Å². The van der Waals surface area contributed by atoms with Gasteiger partial charge in [0.15, 0.2) is 0 Å². The van der Waals surface area contributed by atoms with E-state index in [0.717, 1.165) is 12.8 Å². The van der Waals surface area contributed by atoms with Gasteiger partial charge in [-0.1, -0.05) is 13.3 Å². The number of rotatable bonds is 5. The Morgan fingerprint density at radius 1 is 1.50 bits per heavy atom. The molecule has 1 aromatic rings. The van der Waals surface area contributed by atoms with Gasteiger partial charge in [-0.05, 0) is 18.6 Å². The molecular formula is C10H17N3O. The molecule has 3 N–H and O–H groups in total. The maximum Gasteiger partial charge on any atom is 0.243 e. The molecule has 0 fully saturated rings. The minimum Gasteiger partial charge on any atom is -0.330 e. The Labute approximate surface area is 84.1 Å². The highest BCUT2D eigenvalue weighted by Crippen LogP contribution is 2.04. The maximum atomic E-state index is 11.6. The third kappa shape index (κ3) is 2.88. The summed E-state index contributed by atoms with van der Waals surface area (Å²) in [5, 5.41) is 0. The Balaban J connectivity index is 2.47. The van der Waals surface area contributed by atoms with Crippen LogP contribution in [0.3, 0.4) is 0 Å². The van der Waals surface area contributed by atoms with Crippen molar-refractivity contribution in [3.8, 4) is 0 Å². The van der Waals surface area contributed by atoms with Crippen molar-refractivity contribution in [1.29, 1.82) is 0 Å². The van der Waals surface area contributed by atoms with Crippen LogP contribution in [0.5, 0.6) is 0 Å². The monoisotopic (exact) mass is 195 g/mol. The normalized spacial score (nSPS) is 12.4. The van der Waals surface area contributed by atoms with Crippen LogP contribution in [0.4, 0.5) is 0 Å². The first-order valence-electron chi connectivity index (χ1n) is 4.91. The smallest absolute Gasteiger partial charge is 0.243 e. The number of hydrogen-bond donors (Lipinski definition) is 2. The van der Waals surface area contributed by atoms with E-state index in [0.29, 0.717) is 6.54 Å². The number of nitrogens with two attached hydrogens (primary N) is 1. The van der Waals surface area contributed by atoms with Gasteiger partial charge in [0.1, 0.15) is 0 Å². The summed E-state index contributed by atoms with van der Waals surface area (Å²) >= 11 is 0. The van der Waals surface area contributed by atoms with Crippen LogP contribution in [0.25, 0.3) is 0 Å². The quantitative estimate of drug-likeness (QED) is 0.734. The van der Waals surface area contributed by atoms with Crippen LogP contribution in [-0.4, -0.2) is 17.1 Å². The van der Waals surface area contributed by atoms with Gasteiger partial charge in [0.25, 0.3) is 0 Å². The summed E-state index contributed by atoms with van der Waals surface area (Å²) in [5.74, 6) is -0.0899. The molecular weight excluding hydrogens is 178 g/mol. The number of nitrogens with one attached hydrogen (secondary N) is 1. The second-order valence-electron chi connectivity index (χ2n) is 3.29. The Morgan fingerprint density at radius 2 is 2.14 bits per heavy atom. The van der Waals surface area contributed by atoms with Crippen molar-refractivity contribution in [3.63, 3.8) is 0 Å². The van der Waals surface area contributed by atoms with E-state index in [4.69, 9.17) is 5.73 Å². The van der Waals surface area contributed by atoms with E-state index in [-0.39, 0.29) is 11.8 Å². The third-order valence-electron chi connectivity index (χ3n) is 2.14. The Bertz CT molecular complexity index is 269. The van der Waals surface area contributed by atoms with Crippen LogP contribution in [0.2, 0.25) is 0 Å². The second kappa shape index (κ2) is 5.44. The Morgan fingerprint density at radius 3 is 2.64 bits per heavy atom. The van der Waals surface area contributed by atoms with Crippen molar-refractivity contribution >= 4 is 5.91 Å². The van der Waals surface area contributed by atoms with Gasteiger partial charge < -0.3 is 5.73 Å². The minimum absolute atomic E-state index is 0.00875. The first-order valence-corrected chi connectivity index (χ1v) is 4.91. The fourth-order valence-electron chi connectivity index (χ4n) is 1.33. The molecule has 0 aliphatic carbocycles. The highest BCUT2D eigenvalue weighted by molar-refractivity contribution is 5.86. The predicted molar refractivity (Wildman–Crippen MR) is 56.3 cm³/mol. The molecule has 4 heteroatoms. The van der Waals surface area contributed by atoms with Crippen LogP contribution in [0, 0.1) is 5.92 Å². The van der Waals surface area contributed by atoms with Gasteiger partial charge >= 0.3 is 0 Å². The van der Waals surface area contributed by atoms with E-state index < -0.39 is 0 Å². The zero-order valence-electron chi connectivity index (χ0n) is 8.44. The second-order valence-corrected chi connectivity index (χ2v) is 3.29. The summed E-state index contributed by atoms with van der Waals surface area (Å²) in [5.41, 5.74) is 8.27. The largest absolute Gasteiger partial charge is 0.330 e. The summed E-state index contributed by atoms with van der Waals surface area (Å²) in [6.45, 7) is 2.45. The molecule has 0 saturated heterocycles. The van der Waals surface area contributed by atoms with E-state index in [1.54, 1.807) is 17.1 Å². The molecule has 0 bridgehead atoms. The lowest BCUT2D eigenvalue weighted by molar-refractivity contribution is -0.120. The standard InChI is InChI=1S/C10H17N3O/c1-2-5-9(8-11)10(14)12-13-6-3-4-7-13/h3-4,6-7,9H,2,5,8,11H2,1H3,(H,12,14). The number of aromatic nitrogens is 1. The fourth-order valence-corrected chi connectivity index (χ4v) is 1.33. The molecule has 1 amide bonds. The van der Waals surface area contributed by atoms with E-state index >= 15 is 0 Å².